The monoisotopic (exact) mass is 275 g/mol. The topological polar surface area (TPSA) is 80.1 Å². The van der Waals surface area contributed by atoms with Crippen LogP contribution in [0.3, 0.4) is 0 Å². The van der Waals surface area contributed by atoms with Gasteiger partial charge in [-0.2, -0.15) is 0 Å². The first-order valence-electron chi connectivity index (χ1n) is 6.83. The number of ether oxygens (including phenoxy) is 1. The summed E-state index contributed by atoms with van der Waals surface area (Å²) in [6.07, 6.45) is 3.38. The van der Waals surface area contributed by atoms with Crippen molar-refractivity contribution < 1.29 is 9.53 Å². The van der Waals surface area contributed by atoms with Crippen LogP contribution in [0.25, 0.3) is 10.9 Å². The van der Waals surface area contributed by atoms with Gasteiger partial charge in [0.25, 0.3) is 0 Å². The Morgan fingerprint density at radius 2 is 2.30 bits per heavy atom. The first-order chi connectivity index (χ1) is 9.65. The number of fused-ring (bicyclic) bond motifs is 1. The maximum atomic E-state index is 11.6. The summed E-state index contributed by atoms with van der Waals surface area (Å²) in [5.41, 5.74) is 7.89. The maximum Gasteiger partial charge on any atom is 0.236 e. The fraction of sp³-hybridized carbons (Fsp3) is 0.400. The summed E-state index contributed by atoms with van der Waals surface area (Å²) in [5.74, 6) is 0.736. The molecule has 0 radical (unpaired) electrons. The van der Waals surface area contributed by atoms with Gasteiger partial charge >= 0.3 is 0 Å². The third-order valence-electron chi connectivity index (χ3n) is 3.44. The lowest BCUT2D eigenvalue weighted by atomic mass is 10.1. The van der Waals surface area contributed by atoms with Crippen LogP contribution in [0.1, 0.15) is 18.9 Å². The molecule has 1 unspecified atom stereocenters. The van der Waals surface area contributed by atoms with Gasteiger partial charge in [0.1, 0.15) is 5.75 Å². The zero-order chi connectivity index (χ0) is 14.5. The van der Waals surface area contributed by atoms with E-state index in [0.717, 1.165) is 28.6 Å². The number of rotatable bonds is 6. The number of benzene rings is 1. The molecule has 1 heterocycles. The van der Waals surface area contributed by atoms with Crippen molar-refractivity contribution in [1.29, 1.82) is 0 Å². The number of hydrogen-bond acceptors (Lipinski definition) is 3. The molecule has 5 nitrogen and oxygen atoms in total. The summed E-state index contributed by atoms with van der Waals surface area (Å²) in [4.78, 5) is 14.8. The van der Waals surface area contributed by atoms with Crippen LogP contribution in [0.2, 0.25) is 0 Å². The van der Waals surface area contributed by atoms with Crippen molar-refractivity contribution in [2.24, 2.45) is 5.73 Å². The molecule has 0 fully saturated rings. The molecule has 0 saturated heterocycles. The number of nitrogens with one attached hydrogen (secondary N) is 2. The normalized spacial score (nSPS) is 12.3. The van der Waals surface area contributed by atoms with E-state index < -0.39 is 6.04 Å². The second-order valence-electron chi connectivity index (χ2n) is 4.78. The number of carbonyl (C=O) groups excluding carboxylic acids is 1. The van der Waals surface area contributed by atoms with E-state index in [-0.39, 0.29) is 5.91 Å². The summed E-state index contributed by atoms with van der Waals surface area (Å²) >= 11 is 0. The molecule has 0 bridgehead atoms. The highest BCUT2D eigenvalue weighted by atomic mass is 16.5. The van der Waals surface area contributed by atoms with E-state index in [4.69, 9.17) is 10.5 Å². The van der Waals surface area contributed by atoms with Crippen molar-refractivity contribution in [3.8, 4) is 5.75 Å². The molecule has 0 saturated carbocycles. The minimum absolute atomic E-state index is 0.0927. The number of H-pyrrole nitrogens is 1. The largest absolute Gasteiger partial charge is 0.497 e. The summed E-state index contributed by atoms with van der Waals surface area (Å²) < 4.78 is 5.24. The predicted molar refractivity (Wildman–Crippen MR) is 79.8 cm³/mol. The number of aromatic nitrogens is 1. The number of nitrogens with two attached hydrogens (primary N) is 1. The van der Waals surface area contributed by atoms with Gasteiger partial charge in [0.2, 0.25) is 5.91 Å². The van der Waals surface area contributed by atoms with Crippen molar-refractivity contribution >= 4 is 16.8 Å². The Labute approximate surface area is 118 Å². The molecule has 0 spiro atoms. The lowest BCUT2D eigenvalue weighted by Gasteiger charge is -2.09. The average molecular weight is 275 g/mol. The van der Waals surface area contributed by atoms with Gasteiger partial charge < -0.3 is 20.8 Å². The molecule has 1 amide bonds. The van der Waals surface area contributed by atoms with Crippen molar-refractivity contribution in [1.82, 2.24) is 10.3 Å². The molecule has 2 rings (SSSR count). The van der Waals surface area contributed by atoms with E-state index in [9.17, 15) is 4.79 Å². The molecule has 0 aliphatic heterocycles. The summed E-state index contributed by atoms with van der Waals surface area (Å²) in [6, 6.07) is 5.49. The van der Waals surface area contributed by atoms with Crippen molar-refractivity contribution in [3.63, 3.8) is 0 Å². The molecular weight excluding hydrogens is 254 g/mol. The molecule has 0 aliphatic carbocycles. The maximum absolute atomic E-state index is 11.6. The van der Waals surface area contributed by atoms with Crippen LogP contribution in [-0.2, 0) is 11.2 Å². The van der Waals surface area contributed by atoms with E-state index in [0.29, 0.717) is 13.0 Å². The Morgan fingerprint density at radius 3 is 3.00 bits per heavy atom. The van der Waals surface area contributed by atoms with Crippen LogP contribution >= 0.6 is 0 Å². The Hall–Kier alpha value is -2.01. The van der Waals surface area contributed by atoms with Gasteiger partial charge in [0.15, 0.2) is 0 Å². The summed E-state index contributed by atoms with van der Waals surface area (Å²) in [6.45, 7) is 2.48. The Balaban J connectivity index is 2.01. The average Bonchev–Trinajstić information content (AvgIpc) is 2.88. The molecule has 1 aromatic carbocycles. The number of carbonyl (C=O) groups is 1. The quantitative estimate of drug-likeness (QED) is 0.748. The van der Waals surface area contributed by atoms with Crippen molar-refractivity contribution in [3.05, 3.63) is 30.0 Å². The molecule has 1 atom stereocenters. The summed E-state index contributed by atoms with van der Waals surface area (Å²) in [5, 5.41) is 3.98. The minimum Gasteiger partial charge on any atom is -0.497 e. The minimum atomic E-state index is -0.418. The second-order valence-corrected chi connectivity index (χ2v) is 4.78. The highest BCUT2D eigenvalue weighted by Crippen LogP contribution is 2.23. The third kappa shape index (κ3) is 3.11. The SMILES string of the molecule is CCC(N)C(=O)NCCc1c[nH]c2ccc(OC)cc12. The van der Waals surface area contributed by atoms with Crippen LogP contribution in [-0.4, -0.2) is 30.6 Å². The van der Waals surface area contributed by atoms with Gasteiger partial charge in [-0.05, 0) is 36.6 Å². The van der Waals surface area contributed by atoms with Gasteiger partial charge in [0.05, 0.1) is 13.2 Å². The smallest absolute Gasteiger partial charge is 0.236 e. The summed E-state index contributed by atoms with van der Waals surface area (Å²) in [7, 11) is 1.65. The van der Waals surface area contributed by atoms with Gasteiger partial charge in [-0.25, -0.2) is 0 Å². The number of hydrogen-bond donors (Lipinski definition) is 3. The van der Waals surface area contributed by atoms with Gasteiger partial charge in [-0.15, -0.1) is 0 Å². The highest BCUT2D eigenvalue weighted by Gasteiger charge is 2.10. The van der Waals surface area contributed by atoms with Gasteiger partial charge in [-0.3, -0.25) is 4.79 Å². The van der Waals surface area contributed by atoms with Crippen LogP contribution in [0.5, 0.6) is 5.75 Å². The van der Waals surface area contributed by atoms with E-state index in [1.165, 1.54) is 0 Å². The fourth-order valence-corrected chi connectivity index (χ4v) is 2.13. The number of aromatic amines is 1. The zero-order valence-corrected chi connectivity index (χ0v) is 11.9. The highest BCUT2D eigenvalue weighted by molar-refractivity contribution is 5.85. The molecule has 1 aromatic heterocycles. The van der Waals surface area contributed by atoms with Crippen molar-refractivity contribution in [2.45, 2.75) is 25.8 Å². The fourth-order valence-electron chi connectivity index (χ4n) is 2.13. The molecule has 20 heavy (non-hydrogen) atoms. The van der Waals surface area contributed by atoms with E-state index in [1.807, 2.05) is 31.3 Å². The van der Waals surface area contributed by atoms with Crippen LogP contribution in [0, 0.1) is 0 Å². The lowest BCUT2D eigenvalue weighted by molar-refractivity contribution is -0.122. The molecule has 4 N–H and O–H groups in total. The van der Waals surface area contributed by atoms with Crippen LogP contribution in [0.15, 0.2) is 24.4 Å². The molecule has 108 valence electrons. The lowest BCUT2D eigenvalue weighted by Crippen LogP contribution is -2.40. The van der Waals surface area contributed by atoms with E-state index in [1.54, 1.807) is 7.11 Å². The van der Waals surface area contributed by atoms with Crippen molar-refractivity contribution in [2.75, 3.05) is 13.7 Å². The standard InChI is InChI=1S/C15H21N3O2/c1-3-13(16)15(19)17-7-6-10-9-18-14-5-4-11(20-2)8-12(10)14/h4-5,8-9,13,18H,3,6-7,16H2,1-2H3,(H,17,19). The van der Waals surface area contributed by atoms with Crippen LogP contribution < -0.4 is 15.8 Å². The molecule has 0 aliphatic rings. The Kier molecular flexibility index (Phi) is 4.63. The van der Waals surface area contributed by atoms with Gasteiger partial charge in [-0.1, -0.05) is 6.92 Å². The number of methoxy groups -OCH3 is 1. The molecular formula is C15H21N3O2. The first kappa shape index (κ1) is 14.4. The number of amides is 1. The van der Waals surface area contributed by atoms with Gasteiger partial charge in [0, 0.05) is 23.6 Å². The Bertz CT molecular complexity index is 592. The third-order valence-corrected chi connectivity index (χ3v) is 3.44. The molecule has 5 heteroatoms. The predicted octanol–water partition coefficient (Wildman–Crippen LogP) is 1.57. The van der Waals surface area contributed by atoms with E-state index >= 15 is 0 Å². The second kappa shape index (κ2) is 6.43. The van der Waals surface area contributed by atoms with E-state index in [2.05, 4.69) is 10.3 Å². The zero-order valence-electron chi connectivity index (χ0n) is 11.9. The molecule has 2 aromatic rings. The van der Waals surface area contributed by atoms with Crippen LogP contribution in [0.4, 0.5) is 0 Å². The first-order valence-corrected chi connectivity index (χ1v) is 6.83. The Morgan fingerprint density at radius 1 is 1.50 bits per heavy atom.